The van der Waals surface area contributed by atoms with Gasteiger partial charge in [-0.15, -0.1) is 29.3 Å². The van der Waals surface area contributed by atoms with Crippen LogP contribution in [0.3, 0.4) is 0 Å². The van der Waals surface area contributed by atoms with Crippen molar-refractivity contribution in [2.24, 2.45) is 0 Å². The first-order valence-electron chi connectivity index (χ1n) is 23.6. The van der Waals surface area contributed by atoms with E-state index in [2.05, 4.69) is 11.1 Å². The molecule has 1 N–H and O–H groups in total. The van der Waals surface area contributed by atoms with Crippen LogP contribution in [0, 0.1) is 19.8 Å². The molecule has 0 atom stereocenters. The van der Waals surface area contributed by atoms with E-state index in [0.29, 0.717) is 27.7 Å². The van der Waals surface area contributed by atoms with E-state index in [1.165, 1.54) is 12.1 Å². The van der Waals surface area contributed by atoms with E-state index in [1.54, 1.807) is 83.4 Å². The fraction of sp³-hybridized carbons (Fsp3) is 0.125. The second-order valence-electron chi connectivity index (χ2n) is 13.4. The number of aryl methyl sites for hydroxylation is 1. The van der Waals surface area contributed by atoms with Crippen LogP contribution in [0.5, 0.6) is 5.75 Å². The quantitative estimate of drug-likeness (QED) is 0.169. The van der Waals surface area contributed by atoms with Gasteiger partial charge in [-0.2, -0.15) is 0 Å². The third-order valence-electron chi connectivity index (χ3n) is 8.92. The molecule has 264 valence electrons. The van der Waals surface area contributed by atoms with Crippen LogP contribution in [0.15, 0.2) is 146 Å². The zero-order valence-electron chi connectivity index (χ0n) is 42.8. The van der Waals surface area contributed by atoms with Gasteiger partial charge in [0.05, 0.1) is 27.6 Å². The van der Waals surface area contributed by atoms with Crippen molar-refractivity contribution >= 4 is 11.0 Å². The van der Waals surface area contributed by atoms with Gasteiger partial charge in [0, 0.05) is 46.8 Å². The molecule has 0 amide bonds. The van der Waals surface area contributed by atoms with Gasteiger partial charge in [0.25, 0.3) is 0 Å². The van der Waals surface area contributed by atoms with Crippen LogP contribution in [-0.2, 0) is 26.5 Å². The van der Waals surface area contributed by atoms with Crippen molar-refractivity contribution in [3.8, 4) is 67.5 Å². The predicted octanol–water partition coefficient (Wildman–Crippen LogP) is 12.2. The first kappa shape index (κ1) is 22.5. The minimum absolute atomic E-state index is 0. The maximum atomic E-state index is 11.3. The van der Waals surface area contributed by atoms with Gasteiger partial charge in [0.1, 0.15) is 11.6 Å². The molecule has 0 aliphatic rings. The fourth-order valence-electron chi connectivity index (χ4n) is 6.24. The van der Waals surface area contributed by atoms with E-state index in [9.17, 15) is 6.48 Å². The number of hydrogen-bond acceptors (Lipinski definition) is 3. The predicted molar refractivity (Wildman–Crippen MR) is 215 cm³/mol. The number of phenolic OH excluding ortho intramolecular Hbond substituents is 1. The molecule has 5 heteroatoms. The Kier molecular flexibility index (Phi) is 6.13. The molecule has 0 radical (unpaired) electrons. The van der Waals surface area contributed by atoms with Crippen molar-refractivity contribution in [2.45, 2.75) is 39.9 Å². The third kappa shape index (κ3) is 6.88. The second kappa shape index (κ2) is 14.5. The molecule has 0 spiro atoms. The molecule has 53 heavy (non-hydrogen) atoms. The van der Waals surface area contributed by atoms with Crippen molar-refractivity contribution in [1.82, 2.24) is 14.5 Å². The number of hydrogen-bond donors (Lipinski definition) is 1. The van der Waals surface area contributed by atoms with E-state index in [0.717, 1.165) is 5.56 Å². The number of para-hydroxylation sites is 2. The molecule has 0 aliphatic heterocycles. The van der Waals surface area contributed by atoms with Crippen LogP contribution >= 0.6 is 0 Å². The number of pyridine rings is 1. The Bertz CT molecular complexity index is 3240. The van der Waals surface area contributed by atoms with Crippen molar-refractivity contribution in [1.29, 1.82) is 0 Å². The average Bonchev–Trinajstić information content (AvgIpc) is 3.66. The summed E-state index contributed by atoms with van der Waals surface area (Å²) < 4.78 is 122. The zero-order chi connectivity index (χ0) is 47.9. The minimum atomic E-state index is -2.87. The Labute approximate surface area is 345 Å². The summed E-state index contributed by atoms with van der Waals surface area (Å²) in [5.41, 5.74) is 1.70. The largest absolute Gasteiger partial charge is 0.507 e. The molecule has 0 saturated heterocycles. The van der Waals surface area contributed by atoms with Gasteiger partial charge in [0.2, 0.25) is 0 Å². The Morgan fingerprint density at radius 1 is 0.736 bits per heavy atom. The summed E-state index contributed by atoms with van der Waals surface area (Å²) in [6.45, 7) is 0.200. The molecule has 0 aliphatic carbocycles. The summed E-state index contributed by atoms with van der Waals surface area (Å²) in [6, 6.07) is 26.0. The van der Waals surface area contributed by atoms with E-state index in [-0.39, 0.29) is 77.4 Å². The molecular formula is C48H40N3OPt-. The number of imidazole rings is 1. The summed E-state index contributed by atoms with van der Waals surface area (Å²) in [6.07, 6.45) is -0.595. The van der Waals surface area contributed by atoms with Crippen LogP contribution < -0.4 is 0 Å². The Morgan fingerprint density at radius 2 is 1.49 bits per heavy atom. The standard InChI is InChI=1S/C48H40N3O.Pt/c1-31-25-39(30-42(32(31)2)34-17-10-7-11-18-34)51-44-21-14-20-40(46(44)50-47(51)41-19-12-13-22-45(41)52)36-26-37(28-38(27-36)48(3,4)5)43-29-35(23-24-49-43)33-15-8-6-9-16-33;/h6-25,27-30,52H,1-5H3;/q-1;/i1D3,2D3,6D,8D,9D,15D,16D,23D,24D,29D;. The van der Waals surface area contributed by atoms with Gasteiger partial charge in [-0.25, -0.2) is 4.98 Å². The van der Waals surface area contributed by atoms with Crippen LogP contribution in [0.25, 0.3) is 72.7 Å². The van der Waals surface area contributed by atoms with Crippen molar-refractivity contribution in [2.75, 3.05) is 0 Å². The molecule has 0 saturated carbocycles. The van der Waals surface area contributed by atoms with E-state index >= 15 is 0 Å². The molecule has 0 unspecified atom stereocenters. The number of phenols is 1. The Balaban J connectivity index is 0.00000666. The average molecular weight is 884 g/mol. The molecule has 8 rings (SSSR count). The van der Waals surface area contributed by atoms with Gasteiger partial charge in [-0.3, -0.25) is 9.55 Å². The number of aromatic nitrogens is 3. The van der Waals surface area contributed by atoms with E-state index < -0.39 is 73.2 Å². The van der Waals surface area contributed by atoms with Crippen molar-refractivity contribution in [3.63, 3.8) is 0 Å². The summed E-state index contributed by atoms with van der Waals surface area (Å²) in [5.74, 6) is 0.0637. The first-order valence-corrected chi connectivity index (χ1v) is 16.6. The van der Waals surface area contributed by atoms with Crippen LogP contribution in [0.2, 0.25) is 0 Å². The van der Waals surface area contributed by atoms with Gasteiger partial charge in [-0.05, 0) is 88.9 Å². The van der Waals surface area contributed by atoms with Crippen LogP contribution in [-0.4, -0.2) is 19.6 Å². The number of rotatable bonds is 6. The zero-order valence-corrected chi connectivity index (χ0v) is 31.1. The molecule has 8 aromatic rings. The first-order chi connectivity index (χ1) is 30.9. The van der Waals surface area contributed by atoms with Gasteiger partial charge >= 0.3 is 0 Å². The Morgan fingerprint density at radius 3 is 2.25 bits per heavy atom. The molecule has 2 aromatic heterocycles. The smallest absolute Gasteiger partial charge is 0.148 e. The van der Waals surface area contributed by atoms with Crippen molar-refractivity contribution in [3.05, 3.63) is 168 Å². The summed E-state index contributed by atoms with van der Waals surface area (Å²) >= 11 is 0. The van der Waals surface area contributed by atoms with Crippen LogP contribution in [0.4, 0.5) is 0 Å². The minimum Gasteiger partial charge on any atom is -0.507 e. The number of aromatic hydroxyl groups is 1. The topological polar surface area (TPSA) is 50.9 Å². The number of benzene rings is 6. The second-order valence-corrected chi connectivity index (χ2v) is 13.4. The summed E-state index contributed by atoms with van der Waals surface area (Å²) in [7, 11) is 0. The number of fused-ring (bicyclic) bond motifs is 1. The maximum Gasteiger partial charge on any atom is 0.148 e. The Hall–Kier alpha value is -5.57. The SMILES string of the molecule is [2H]c1nc(-c2[c-]c(-c3cccc4c3nc(-c3ccccc3O)n4-c3cc(-c4ccccc4)c(C([2H])([2H])[2H])c(C([2H])([2H])[2H])c3)cc(C(C)(C)C)c2)c([2H])c(-c2c([2H])c([2H])c([2H])c([2H])c2[2H])c1[2H].[Pt]. The molecule has 4 nitrogen and oxygen atoms in total. The third-order valence-corrected chi connectivity index (χ3v) is 8.92. The molecular weight excluding hydrogens is 830 g/mol. The normalized spacial score (nSPS) is 15.7. The molecule has 0 fully saturated rings. The molecule has 2 heterocycles. The summed E-state index contributed by atoms with van der Waals surface area (Å²) in [4.78, 5) is 9.46. The molecule has 0 bridgehead atoms. The number of nitrogens with zero attached hydrogens (tertiary/aromatic N) is 3. The summed E-state index contributed by atoms with van der Waals surface area (Å²) in [5, 5.41) is 11.3. The van der Waals surface area contributed by atoms with Gasteiger partial charge in [-0.1, -0.05) is 123 Å². The van der Waals surface area contributed by atoms with Crippen molar-refractivity contribution < 1.29 is 45.4 Å². The van der Waals surface area contributed by atoms with Gasteiger partial charge < -0.3 is 5.11 Å². The van der Waals surface area contributed by atoms with Crippen LogP contribution in [0.1, 0.15) is 56.7 Å². The monoisotopic (exact) mass is 883 g/mol. The maximum absolute atomic E-state index is 11.3. The fourth-order valence-corrected chi connectivity index (χ4v) is 6.24. The van der Waals surface area contributed by atoms with Gasteiger partial charge in [0.15, 0.2) is 0 Å². The molecule has 6 aromatic carbocycles. The van der Waals surface area contributed by atoms with E-state index in [1.807, 2.05) is 26.8 Å². The van der Waals surface area contributed by atoms with E-state index in [4.69, 9.17) is 22.8 Å².